The van der Waals surface area contributed by atoms with E-state index in [1.807, 2.05) is 53.9 Å². The Hall–Kier alpha value is -2.96. The summed E-state index contributed by atoms with van der Waals surface area (Å²) < 4.78 is 0. The van der Waals surface area contributed by atoms with E-state index in [1.54, 1.807) is 0 Å². The Morgan fingerprint density at radius 2 is 1.61 bits per heavy atom. The minimum atomic E-state index is -0.229. The van der Waals surface area contributed by atoms with Crippen molar-refractivity contribution in [3.05, 3.63) is 92.3 Å². The Kier molecular flexibility index (Phi) is 5.50. The van der Waals surface area contributed by atoms with E-state index in [0.717, 1.165) is 26.1 Å². The summed E-state index contributed by atoms with van der Waals surface area (Å²) >= 11 is 2.85. The van der Waals surface area contributed by atoms with Gasteiger partial charge in [-0.1, -0.05) is 48.5 Å². The van der Waals surface area contributed by atoms with Crippen molar-refractivity contribution in [2.24, 2.45) is 0 Å². The van der Waals surface area contributed by atoms with Crippen LogP contribution in [0.2, 0.25) is 0 Å². The van der Waals surface area contributed by atoms with Gasteiger partial charge in [-0.25, -0.2) is 4.79 Å². The van der Waals surface area contributed by atoms with Crippen molar-refractivity contribution in [2.75, 3.05) is 0 Å². The van der Waals surface area contributed by atoms with Crippen molar-refractivity contribution < 1.29 is 9.59 Å². The largest absolute Gasteiger partial charge is 0.334 e. The third-order valence-electron chi connectivity index (χ3n) is 4.37. The lowest BCUT2D eigenvalue weighted by molar-refractivity contribution is 0.104. The average Bonchev–Trinajstić information content (AvgIpc) is 3.42. The normalized spacial score (nSPS) is 10.7. The van der Waals surface area contributed by atoms with Gasteiger partial charge in [0.15, 0.2) is 0 Å². The molecule has 0 saturated heterocycles. The fourth-order valence-corrected chi connectivity index (χ4v) is 4.62. The van der Waals surface area contributed by atoms with Crippen LogP contribution in [0.25, 0.3) is 10.8 Å². The van der Waals surface area contributed by atoms with Crippen LogP contribution in [0.5, 0.6) is 0 Å². The smallest absolute Gasteiger partial charge is 0.315 e. The number of fused-ring (bicyclic) bond motifs is 1. The topological polar surface area (TPSA) is 58.2 Å². The molecule has 0 spiro atoms. The highest BCUT2D eigenvalue weighted by atomic mass is 32.1. The molecular weight excluding hydrogens is 388 g/mol. The van der Waals surface area contributed by atoms with E-state index in [-0.39, 0.29) is 11.8 Å². The van der Waals surface area contributed by atoms with Crippen molar-refractivity contribution in [3.63, 3.8) is 0 Å². The monoisotopic (exact) mass is 406 g/mol. The molecule has 0 aliphatic carbocycles. The maximum atomic E-state index is 12.3. The molecule has 4 nitrogen and oxygen atoms in total. The fraction of sp³-hybridized carbons (Fsp3) is 0.0909. The highest BCUT2D eigenvalue weighted by Crippen LogP contribution is 2.22. The number of ketones is 1. The van der Waals surface area contributed by atoms with Gasteiger partial charge in [-0.15, -0.1) is 22.7 Å². The molecular formula is C22H18N2O2S2. The highest BCUT2D eigenvalue weighted by Gasteiger charge is 2.13. The molecule has 6 heteroatoms. The van der Waals surface area contributed by atoms with Crippen molar-refractivity contribution >= 4 is 45.3 Å². The maximum Gasteiger partial charge on any atom is 0.315 e. The van der Waals surface area contributed by atoms with Gasteiger partial charge in [-0.3, -0.25) is 4.79 Å². The van der Waals surface area contributed by atoms with Crippen LogP contribution in [-0.4, -0.2) is 11.8 Å². The molecule has 4 aromatic rings. The standard InChI is InChI=1S/C22H18N2O2S2/c25-21(19-9-4-12-27-19)20-11-10-17(28-20)14-24-22(26)23-13-16-7-3-6-15-5-1-2-8-18(15)16/h1-12H,13-14H2,(H2,23,24,26). The number of amides is 2. The third-order valence-corrected chi connectivity index (χ3v) is 6.33. The van der Waals surface area contributed by atoms with Crippen molar-refractivity contribution in [1.29, 1.82) is 0 Å². The summed E-state index contributed by atoms with van der Waals surface area (Å²) in [5.74, 6) is 0.0339. The number of hydrogen-bond acceptors (Lipinski definition) is 4. The van der Waals surface area contributed by atoms with Crippen LogP contribution in [0.3, 0.4) is 0 Å². The Balaban J connectivity index is 1.32. The lowest BCUT2D eigenvalue weighted by Gasteiger charge is -2.09. The SMILES string of the molecule is O=C(NCc1ccc(C(=O)c2cccs2)s1)NCc1cccc2ccccc12. The van der Waals surface area contributed by atoms with Crippen LogP contribution in [0, 0.1) is 0 Å². The number of rotatable bonds is 6. The minimum absolute atomic E-state index is 0.0339. The van der Waals surface area contributed by atoms with Gasteiger partial charge in [-0.05, 0) is 39.9 Å². The molecule has 140 valence electrons. The molecule has 0 radical (unpaired) electrons. The summed E-state index contributed by atoms with van der Waals surface area (Å²) in [5, 5.41) is 9.95. The first kappa shape index (κ1) is 18.4. The van der Waals surface area contributed by atoms with Gasteiger partial charge in [0.1, 0.15) is 0 Å². The molecule has 0 fully saturated rings. The zero-order valence-corrected chi connectivity index (χ0v) is 16.6. The summed E-state index contributed by atoms with van der Waals surface area (Å²) in [6.45, 7) is 0.851. The molecule has 2 aromatic carbocycles. The molecule has 0 saturated carbocycles. The second kappa shape index (κ2) is 8.37. The molecule has 2 amide bonds. The first-order valence-corrected chi connectivity index (χ1v) is 10.6. The highest BCUT2D eigenvalue weighted by molar-refractivity contribution is 7.16. The summed E-state index contributed by atoms with van der Waals surface area (Å²) in [4.78, 5) is 26.9. The average molecular weight is 407 g/mol. The van der Waals surface area contributed by atoms with Crippen molar-refractivity contribution in [3.8, 4) is 0 Å². The van der Waals surface area contributed by atoms with E-state index in [2.05, 4.69) is 28.8 Å². The minimum Gasteiger partial charge on any atom is -0.334 e. The lowest BCUT2D eigenvalue weighted by Crippen LogP contribution is -2.34. The van der Waals surface area contributed by atoms with Crippen molar-refractivity contribution in [1.82, 2.24) is 10.6 Å². The molecule has 0 unspecified atom stereocenters. The number of urea groups is 1. The Labute approximate surface area is 170 Å². The maximum absolute atomic E-state index is 12.3. The van der Waals surface area contributed by atoms with Crippen LogP contribution < -0.4 is 10.6 Å². The third kappa shape index (κ3) is 4.13. The predicted molar refractivity (Wildman–Crippen MR) is 115 cm³/mol. The van der Waals surface area contributed by atoms with E-state index < -0.39 is 0 Å². The molecule has 0 bridgehead atoms. The molecule has 0 atom stereocenters. The van der Waals surface area contributed by atoms with Gasteiger partial charge in [0.25, 0.3) is 0 Å². The summed E-state index contributed by atoms with van der Waals surface area (Å²) in [7, 11) is 0. The van der Waals surface area contributed by atoms with E-state index in [1.165, 1.54) is 22.7 Å². The zero-order chi connectivity index (χ0) is 19.3. The van der Waals surface area contributed by atoms with Crippen LogP contribution >= 0.6 is 22.7 Å². The molecule has 2 aromatic heterocycles. The molecule has 0 aliphatic rings. The quantitative estimate of drug-likeness (QED) is 0.433. The Morgan fingerprint density at radius 1 is 0.786 bits per heavy atom. The van der Waals surface area contributed by atoms with Gasteiger partial charge < -0.3 is 10.6 Å². The molecule has 4 rings (SSSR count). The van der Waals surface area contributed by atoms with E-state index in [0.29, 0.717) is 18.0 Å². The molecule has 2 heterocycles. The first-order valence-electron chi connectivity index (χ1n) is 8.86. The zero-order valence-electron chi connectivity index (χ0n) is 15.0. The van der Waals surface area contributed by atoms with E-state index in [4.69, 9.17) is 0 Å². The molecule has 28 heavy (non-hydrogen) atoms. The Bertz CT molecular complexity index is 1110. The number of thiophene rings is 2. The summed E-state index contributed by atoms with van der Waals surface area (Å²) in [6.07, 6.45) is 0. The number of carbonyl (C=O) groups excluding carboxylic acids is 2. The summed E-state index contributed by atoms with van der Waals surface area (Å²) in [5.41, 5.74) is 1.08. The predicted octanol–water partition coefficient (Wildman–Crippen LogP) is 5.19. The summed E-state index contributed by atoms with van der Waals surface area (Å²) in [6, 6.07) is 21.4. The van der Waals surface area contributed by atoms with Gasteiger partial charge in [0.05, 0.1) is 16.3 Å². The van der Waals surface area contributed by atoms with Crippen LogP contribution in [0.15, 0.2) is 72.1 Å². The lowest BCUT2D eigenvalue weighted by atomic mass is 10.0. The first-order chi connectivity index (χ1) is 13.7. The van der Waals surface area contributed by atoms with Crippen molar-refractivity contribution in [2.45, 2.75) is 13.1 Å². The van der Waals surface area contributed by atoms with Gasteiger partial charge >= 0.3 is 6.03 Å². The van der Waals surface area contributed by atoms with E-state index >= 15 is 0 Å². The second-order valence-corrected chi connectivity index (χ2v) is 8.36. The van der Waals surface area contributed by atoms with Gasteiger partial charge in [0, 0.05) is 11.4 Å². The number of hydrogen-bond donors (Lipinski definition) is 2. The number of nitrogens with one attached hydrogen (secondary N) is 2. The fourth-order valence-electron chi connectivity index (χ4n) is 2.98. The number of benzene rings is 2. The number of carbonyl (C=O) groups is 2. The second-order valence-electron chi connectivity index (χ2n) is 6.25. The van der Waals surface area contributed by atoms with Crippen LogP contribution in [0.4, 0.5) is 4.79 Å². The van der Waals surface area contributed by atoms with Crippen LogP contribution in [0.1, 0.15) is 25.0 Å². The van der Waals surface area contributed by atoms with Gasteiger partial charge in [-0.2, -0.15) is 0 Å². The molecule has 0 aliphatic heterocycles. The van der Waals surface area contributed by atoms with E-state index in [9.17, 15) is 9.59 Å². The van der Waals surface area contributed by atoms with Gasteiger partial charge in [0.2, 0.25) is 5.78 Å². The molecule has 2 N–H and O–H groups in total. The van der Waals surface area contributed by atoms with Crippen LogP contribution in [-0.2, 0) is 13.1 Å². The Morgan fingerprint density at radius 3 is 2.46 bits per heavy atom.